The molecular weight excluding hydrogens is 521 g/mol. The molecule has 0 aliphatic carbocycles. The van der Waals surface area contributed by atoms with Gasteiger partial charge in [0, 0.05) is 13.1 Å². The minimum absolute atomic E-state index is 0. The van der Waals surface area contributed by atoms with Crippen molar-refractivity contribution in [1.29, 1.82) is 0 Å². The van der Waals surface area contributed by atoms with Crippen molar-refractivity contribution < 1.29 is 88.8 Å². The molecule has 0 aromatic carbocycles. The summed E-state index contributed by atoms with van der Waals surface area (Å²) in [4.78, 5) is 0. The van der Waals surface area contributed by atoms with Crippen LogP contribution in [0.15, 0.2) is 0 Å². The summed E-state index contributed by atoms with van der Waals surface area (Å²) in [5, 5.41) is 95.0. The summed E-state index contributed by atoms with van der Waals surface area (Å²) < 4.78 is 0. The van der Waals surface area contributed by atoms with Gasteiger partial charge in [0.15, 0.2) is 0 Å². The number of hydrogen-bond donors (Lipinski definition) is 12. The summed E-state index contributed by atoms with van der Waals surface area (Å²) in [7, 11) is 3.15. The van der Waals surface area contributed by atoms with Crippen molar-refractivity contribution in [3.8, 4) is 0 Å². The first-order valence-corrected chi connectivity index (χ1v) is 8.04. The quantitative estimate of drug-likeness (QED) is 0.101. The van der Waals surface area contributed by atoms with Gasteiger partial charge in [0.1, 0.15) is 36.6 Å². The Kier molecular flexibility index (Phi) is 22.6. The average Bonchev–Trinajstić information content (AvgIpc) is 2.64. The molecule has 0 fully saturated rings. The smallest absolute Gasteiger partial charge is 0.394 e. The topological polar surface area (TPSA) is 226 Å². The van der Waals surface area contributed by atoms with Crippen LogP contribution in [0.25, 0.3) is 0 Å². The monoisotopic (exact) mass is 555 g/mol. The predicted molar refractivity (Wildman–Crippen MR) is 90.1 cm³/mol. The maximum Gasteiger partial charge on any atom is 3.00 e. The Morgan fingerprint density at radius 1 is 0.519 bits per heavy atom. The molecule has 0 aliphatic rings. The Morgan fingerprint density at radius 2 is 0.741 bits per heavy atom. The third-order valence-corrected chi connectivity index (χ3v) is 3.48. The SMILES string of the molecule is CNC[C@H](O)[C@@H](O)[C@H](O)[C@H](O)CO.CNC[C@H](O)[C@@H](O)[C@H](O)[C@H](O)CO.[Ho+3]. The van der Waals surface area contributed by atoms with Crippen LogP contribution in [0, 0.1) is 37.7 Å². The zero-order valence-electron chi connectivity index (χ0n) is 15.2. The average molecular weight is 555 g/mol. The maximum atomic E-state index is 9.21. The minimum atomic E-state index is -1.55. The van der Waals surface area contributed by atoms with Gasteiger partial charge in [-0.05, 0) is 14.1 Å². The van der Waals surface area contributed by atoms with Gasteiger partial charge in [-0.3, -0.25) is 0 Å². The summed E-state index contributed by atoms with van der Waals surface area (Å²) in [6, 6.07) is 0. The van der Waals surface area contributed by atoms with Gasteiger partial charge in [0.05, 0.1) is 25.4 Å². The second kappa shape index (κ2) is 18.8. The molecule has 168 valence electrons. The van der Waals surface area contributed by atoms with E-state index < -0.39 is 62.0 Å². The fourth-order valence-corrected chi connectivity index (χ4v) is 1.79. The van der Waals surface area contributed by atoms with Crippen LogP contribution in [0.4, 0.5) is 0 Å². The molecule has 0 unspecified atom stereocenters. The summed E-state index contributed by atoms with van der Waals surface area (Å²) in [5.74, 6) is 0. The number of hydrogen-bond acceptors (Lipinski definition) is 12. The molecule has 0 bridgehead atoms. The zero-order chi connectivity index (χ0) is 20.9. The van der Waals surface area contributed by atoms with Crippen LogP contribution in [-0.2, 0) is 0 Å². The molecule has 12 nitrogen and oxygen atoms in total. The van der Waals surface area contributed by atoms with Crippen molar-refractivity contribution in [2.75, 3.05) is 40.4 Å². The molecule has 0 aromatic heterocycles. The van der Waals surface area contributed by atoms with Gasteiger partial charge in [-0.2, -0.15) is 0 Å². The van der Waals surface area contributed by atoms with Crippen molar-refractivity contribution >= 4 is 0 Å². The first-order valence-electron chi connectivity index (χ1n) is 8.04. The Hall–Kier alpha value is 0.780. The molecule has 13 heteroatoms. The molecule has 0 amide bonds. The zero-order valence-corrected chi connectivity index (χ0v) is 17.2. The molecule has 0 spiro atoms. The van der Waals surface area contributed by atoms with Crippen LogP contribution < -0.4 is 10.6 Å². The van der Waals surface area contributed by atoms with E-state index in [1.807, 2.05) is 0 Å². The van der Waals surface area contributed by atoms with Crippen LogP contribution >= 0.6 is 0 Å². The minimum Gasteiger partial charge on any atom is -0.394 e. The van der Waals surface area contributed by atoms with Crippen LogP contribution in [0.5, 0.6) is 0 Å². The van der Waals surface area contributed by atoms with Crippen LogP contribution in [-0.4, -0.2) is 140 Å². The van der Waals surface area contributed by atoms with E-state index in [0.717, 1.165) is 0 Å². The van der Waals surface area contributed by atoms with Gasteiger partial charge < -0.3 is 61.7 Å². The molecular formula is C14H34HoN2O10+3. The van der Waals surface area contributed by atoms with Gasteiger partial charge in [0.2, 0.25) is 0 Å². The second-order valence-electron chi connectivity index (χ2n) is 5.71. The number of aliphatic hydroxyl groups excluding tert-OH is 10. The van der Waals surface area contributed by atoms with Crippen LogP contribution in [0.2, 0.25) is 0 Å². The summed E-state index contributed by atoms with van der Waals surface area (Å²) in [6.45, 7) is -1.14. The first-order chi connectivity index (χ1) is 12.1. The van der Waals surface area contributed by atoms with E-state index in [-0.39, 0.29) is 50.8 Å². The van der Waals surface area contributed by atoms with E-state index in [0.29, 0.717) is 0 Å². The van der Waals surface area contributed by atoms with E-state index >= 15 is 0 Å². The van der Waals surface area contributed by atoms with Crippen molar-refractivity contribution in [2.45, 2.75) is 48.8 Å². The molecule has 12 N–H and O–H groups in total. The Morgan fingerprint density at radius 3 is 0.926 bits per heavy atom. The number of likely N-dealkylation sites (N-methyl/N-ethyl adjacent to an activating group) is 2. The molecule has 0 radical (unpaired) electrons. The largest absolute Gasteiger partial charge is 3.00 e. The third kappa shape index (κ3) is 13.6. The normalized spacial score (nSPS) is 20.0. The molecule has 8 atom stereocenters. The predicted octanol–water partition coefficient (Wildman–Crippen LogP) is -6.72. The number of aliphatic hydroxyl groups is 10. The van der Waals surface area contributed by atoms with Gasteiger partial charge in [0.25, 0.3) is 0 Å². The Balaban J connectivity index is -0.000000411. The Labute approximate surface area is 188 Å². The van der Waals surface area contributed by atoms with Gasteiger partial charge >= 0.3 is 37.7 Å². The fourth-order valence-electron chi connectivity index (χ4n) is 1.79. The van der Waals surface area contributed by atoms with E-state index in [4.69, 9.17) is 40.9 Å². The number of rotatable bonds is 12. The van der Waals surface area contributed by atoms with E-state index in [1.54, 1.807) is 14.1 Å². The van der Waals surface area contributed by atoms with E-state index in [9.17, 15) is 10.2 Å². The summed E-state index contributed by atoms with van der Waals surface area (Å²) >= 11 is 0. The molecule has 0 saturated heterocycles. The fraction of sp³-hybridized carbons (Fsp3) is 1.00. The molecule has 0 aromatic rings. The van der Waals surface area contributed by atoms with Crippen LogP contribution in [0.3, 0.4) is 0 Å². The first kappa shape index (κ1) is 32.4. The molecule has 27 heavy (non-hydrogen) atoms. The van der Waals surface area contributed by atoms with Gasteiger partial charge in [-0.15, -0.1) is 0 Å². The van der Waals surface area contributed by atoms with Gasteiger partial charge in [-0.25, -0.2) is 0 Å². The maximum absolute atomic E-state index is 9.21. The van der Waals surface area contributed by atoms with Gasteiger partial charge in [-0.1, -0.05) is 0 Å². The van der Waals surface area contributed by atoms with Crippen molar-refractivity contribution in [3.63, 3.8) is 0 Å². The summed E-state index contributed by atoms with van der Waals surface area (Å²) in [5.41, 5.74) is 0. The number of nitrogens with one attached hydrogen (secondary N) is 2. The van der Waals surface area contributed by atoms with E-state index in [1.165, 1.54) is 0 Å². The van der Waals surface area contributed by atoms with Crippen LogP contribution in [0.1, 0.15) is 0 Å². The molecule has 0 heterocycles. The molecule has 0 aliphatic heterocycles. The van der Waals surface area contributed by atoms with Crippen molar-refractivity contribution in [3.05, 3.63) is 0 Å². The second-order valence-corrected chi connectivity index (χ2v) is 5.71. The standard InChI is InChI=1S/2C7H17NO5.Ho/c2*1-8-2-4(10)6(12)7(13)5(11)3-9;/h2*4-13H,2-3H2,1H3;/q;;+3/t2*4-,5+,6+,7+;/m00./s1. The van der Waals surface area contributed by atoms with E-state index in [2.05, 4.69) is 10.6 Å². The third-order valence-electron chi connectivity index (χ3n) is 3.48. The van der Waals surface area contributed by atoms with Crippen molar-refractivity contribution in [2.24, 2.45) is 0 Å². The Bertz CT molecular complexity index is 304. The van der Waals surface area contributed by atoms with Crippen molar-refractivity contribution in [1.82, 2.24) is 10.6 Å². The molecule has 0 saturated carbocycles. The summed E-state index contributed by atoms with van der Waals surface area (Å²) in [6.07, 6.45) is -11.3. The molecule has 0 rings (SSSR count).